The first kappa shape index (κ1) is 22.4. The summed E-state index contributed by atoms with van der Waals surface area (Å²) in [7, 11) is 0. The predicted molar refractivity (Wildman–Crippen MR) is 123 cm³/mol. The van der Waals surface area contributed by atoms with Gasteiger partial charge < -0.3 is 9.80 Å². The van der Waals surface area contributed by atoms with E-state index < -0.39 is 0 Å². The summed E-state index contributed by atoms with van der Waals surface area (Å²) in [6.45, 7) is 5.73. The van der Waals surface area contributed by atoms with Crippen molar-refractivity contribution < 1.29 is 9.59 Å². The Hall–Kier alpha value is -2.33. The highest BCUT2D eigenvalue weighted by molar-refractivity contribution is 6.33. The van der Waals surface area contributed by atoms with Gasteiger partial charge in [-0.05, 0) is 36.6 Å². The van der Waals surface area contributed by atoms with E-state index in [-0.39, 0.29) is 17.7 Å². The molecule has 0 atom stereocenters. The highest BCUT2D eigenvalue weighted by Gasteiger charge is 2.24. The molecule has 0 saturated heterocycles. The predicted octanol–water partition coefficient (Wildman–Crippen LogP) is 5.94. The van der Waals surface area contributed by atoms with Gasteiger partial charge in [0.05, 0.1) is 10.6 Å². The number of carbonyl (C=O) groups is 2. The summed E-state index contributed by atoms with van der Waals surface area (Å²) in [6.07, 6.45) is 5.23. The molecule has 30 heavy (non-hydrogen) atoms. The third-order valence-corrected chi connectivity index (χ3v) is 5.93. The minimum absolute atomic E-state index is 0.0609. The molecule has 0 aliphatic carbocycles. The van der Waals surface area contributed by atoms with Gasteiger partial charge in [0.25, 0.3) is 5.91 Å². The van der Waals surface area contributed by atoms with Crippen molar-refractivity contribution in [1.29, 1.82) is 0 Å². The van der Waals surface area contributed by atoms with Gasteiger partial charge in [0.15, 0.2) is 0 Å². The molecule has 0 spiro atoms. The number of para-hydroxylation sites is 1. The van der Waals surface area contributed by atoms with Gasteiger partial charge in [-0.2, -0.15) is 0 Å². The van der Waals surface area contributed by atoms with Crippen LogP contribution in [-0.2, 0) is 11.3 Å². The van der Waals surface area contributed by atoms with Gasteiger partial charge in [-0.3, -0.25) is 9.59 Å². The zero-order valence-electron chi connectivity index (χ0n) is 17.9. The summed E-state index contributed by atoms with van der Waals surface area (Å²) < 4.78 is 0. The number of nitrogens with zero attached hydrogens (tertiary/aromatic N) is 2. The molecular weight excluding hydrogens is 396 g/mol. The Balaban J connectivity index is 1.97. The molecule has 1 aliphatic rings. The molecular formula is C25H31ClN2O2. The molecule has 1 aliphatic heterocycles. The van der Waals surface area contributed by atoms with E-state index in [0.717, 1.165) is 43.4 Å². The number of fused-ring (bicyclic) bond motifs is 1. The number of rotatable bonds is 2. The monoisotopic (exact) mass is 426 g/mol. The third-order valence-electron chi connectivity index (χ3n) is 5.60. The van der Waals surface area contributed by atoms with Gasteiger partial charge in [0.2, 0.25) is 5.91 Å². The molecule has 5 heteroatoms. The minimum atomic E-state index is -0.0770. The average Bonchev–Trinajstić information content (AvgIpc) is 2.73. The summed E-state index contributed by atoms with van der Waals surface area (Å²) in [5.74, 6) is -0.00971. The number of carbonyl (C=O) groups excluding carboxylic acids is 2. The van der Waals surface area contributed by atoms with Crippen LogP contribution in [0.4, 0.5) is 5.69 Å². The molecule has 1 heterocycles. The Morgan fingerprint density at radius 3 is 2.23 bits per heavy atom. The van der Waals surface area contributed by atoms with Crippen molar-refractivity contribution in [2.24, 2.45) is 5.92 Å². The first-order chi connectivity index (χ1) is 14.5. The van der Waals surface area contributed by atoms with Gasteiger partial charge >= 0.3 is 0 Å². The van der Waals surface area contributed by atoms with Crippen LogP contribution in [0.25, 0.3) is 0 Å². The Bertz CT molecular complexity index is 881. The molecule has 3 rings (SSSR count). The molecule has 2 amide bonds. The third kappa shape index (κ3) is 5.42. The topological polar surface area (TPSA) is 40.6 Å². The van der Waals surface area contributed by atoms with E-state index in [1.807, 2.05) is 60.0 Å². The molecule has 0 aromatic heterocycles. The highest BCUT2D eigenvalue weighted by Crippen LogP contribution is 2.27. The zero-order valence-corrected chi connectivity index (χ0v) is 18.7. The fourth-order valence-corrected chi connectivity index (χ4v) is 4.15. The lowest BCUT2D eigenvalue weighted by molar-refractivity contribution is -0.121. The normalized spacial score (nSPS) is 15.9. The first-order valence-corrected chi connectivity index (χ1v) is 11.3. The van der Waals surface area contributed by atoms with E-state index in [4.69, 9.17) is 11.6 Å². The number of hydrogen-bond donors (Lipinski definition) is 0. The summed E-state index contributed by atoms with van der Waals surface area (Å²) in [6, 6.07) is 15.2. The van der Waals surface area contributed by atoms with Crippen LogP contribution < -0.4 is 4.90 Å². The second kappa shape index (κ2) is 10.6. The second-order valence-corrected chi connectivity index (χ2v) is 8.65. The van der Waals surface area contributed by atoms with Crippen molar-refractivity contribution in [1.82, 2.24) is 4.90 Å². The standard InChI is InChI=1S/C25H31ClN2O2/c1-19(2)24(29)28-17-11-5-3-4-10-16-27(18-20-12-6-9-15-23(20)28)25(30)21-13-7-8-14-22(21)26/h6-9,12-15,19H,3-5,10-11,16-18H2,1-2H3. The fourth-order valence-electron chi connectivity index (χ4n) is 3.93. The van der Waals surface area contributed by atoms with Gasteiger partial charge in [-0.15, -0.1) is 0 Å². The van der Waals surface area contributed by atoms with E-state index in [1.54, 1.807) is 12.1 Å². The highest BCUT2D eigenvalue weighted by atomic mass is 35.5. The molecule has 0 unspecified atom stereocenters. The van der Waals surface area contributed by atoms with Gasteiger partial charge in [0.1, 0.15) is 0 Å². The average molecular weight is 427 g/mol. The van der Waals surface area contributed by atoms with Crippen LogP contribution in [0.2, 0.25) is 5.02 Å². The summed E-state index contributed by atoms with van der Waals surface area (Å²) >= 11 is 6.32. The van der Waals surface area contributed by atoms with Crippen LogP contribution in [0, 0.1) is 5.92 Å². The molecule has 0 N–H and O–H groups in total. The van der Waals surface area contributed by atoms with Gasteiger partial charge in [0, 0.05) is 31.2 Å². The lowest BCUT2D eigenvalue weighted by Crippen LogP contribution is -2.37. The van der Waals surface area contributed by atoms with Gasteiger partial charge in [-0.25, -0.2) is 0 Å². The van der Waals surface area contributed by atoms with Crippen molar-refractivity contribution in [2.45, 2.75) is 52.5 Å². The maximum Gasteiger partial charge on any atom is 0.255 e. The fraction of sp³-hybridized carbons (Fsp3) is 0.440. The van der Waals surface area contributed by atoms with Crippen molar-refractivity contribution in [3.63, 3.8) is 0 Å². The zero-order chi connectivity index (χ0) is 21.5. The van der Waals surface area contributed by atoms with Crippen LogP contribution in [-0.4, -0.2) is 29.8 Å². The molecule has 2 aromatic rings. The van der Waals surface area contributed by atoms with Crippen molar-refractivity contribution in [3.05, 3.63) is 64.7 Å². The lowest BCUT2D eigenvalue weighted by Gasteiger charge is -2.30. The van der Waals surface area contributed by atoms with E-state index in [1.165, 1.54) is 0 Å². The van der Waals surface area contributed by atoms with Crippen LogP contribution in [0.3, 0.4) is 0 Å². The molecule has 2 aromatic carbocycles. The summed E-state index contributed by atoms with van der Waals surface area (Å²) in [5.41, 5.74) is 2.43. The first-order valence-electron chi connectivity index (χ1n) is 10.9. The number of benzene rings is 2. The van der Waals surface area contributed by atoms with E-state index in [0.29, 0.717) is 30.2 Å². The number of halogens is 1. The van der Waals surface area contributed by atoms with Crippen LogP contribution in [0.1, 0.15) is 61.9 Å². The summed E-state index contributed by atoms with van der Waals surface area (Å²) in [5, 5.41) is 0.471. The molecule has 0 fully saturated rings. The van der Waals surface area contributed by atoms with Gasteiger partial charge in [-0.1, -0.05) is 75.0 Å². The molecule has 0 saturated carbocycles. The summed E-state index contributed by atoms with van der Waals surface area (Å²) in [4.78, 5) is 30.1. The van der Waals surface area contributed by atoms with Crippen molar-refractivity contribution in [2.75, 3.05) is 18.0 Å². The van der Waals surface area contributed by atoms with Crippen LogP contribution in [0.5, 0.6) is 0 Å². The quantitative estimate of drug-likeness (QED) is 0.596. The van der Waals surface area contributed by atoms with E-state index in [9.17, 15) is 9.59 Å². The van der Waals surface area contributed by atoms with Crippen LogP contribution in [0.15, 0.2) is 48.5 Å². The lowest BCUT2D eigenvalue weighted by atomic mass is 10.0. The van der Waals surface area contributed by atoms with E-state index in [2.05, 4.69) is 0 Å². The number of amides is 2. The Morgan fingerprint density at radius 2 is 1.50 bits per heavy atom. The van der Waals surface area contributed by atoms with Crippen molar-refractivity contribution in [3.8, 4) is 0 Å². The Kier molecular flexibility index (Phi) is 7.92. The van der Waals surface area contributed by atoms with Crippen molar-refractivity contribution >= 4 is 29.1 Å². The minimum Gasteiger partial charge on any atom is -0.334 e. The molecule has 160 valence electrons. The molecule has 4 nitrogen and oxygen atoms in total. The number of anilines is 1. The second-order valence-electron chi connectivity index (χ2n) is 8.25. The smallest absolute Gasteiger partial charge is 0.255 e. The number of hydrogen-bond acceptors (Lipinski definition) is 2. The Morgan fingerprint density at radius 1 is 0.867 bits per heavy atom. The molecule has 0 bridgehead atoms. The maximum atomic E-state index is 13.3. The largest absolute Gasteiger partial charge is 0.334 e. The maximum absolute atomic E-state index is 13.3. The Labute approximate surface area is 184 Å². The SMILES string of the molecule is CC(C)C(=O)N1CCCCCCCN(C(=O)c2ccccc2Cl)Cc2ccccc21. The van der Waals surface area contributed by atoms with E-state index >= 15 is 0 Å². The molecule has 0 radical (unpaired) electrons. The van der Waals surface area contributed by atoms with Crippen LogP contribution >= 0.6 is 11.6 Å².